The number of nitrogens with zero attached hydrogens (tertiary/aromatic N) is 7. The van der Waals surface area contributed by atoms with Crippen LogP contribution in [-0.4, -0.2) is 107 Å². The van der Waals surface area contributed by atoms with Crippen molar-refractivity contribution in [2.24, 2.45) is 10.9 Å². The van der Waals surface area contributed by atoms with Crippen LogP contribution >= 0.6 is 0 Å². The molecule has 51 heavy (non-hydrogen) atoms. The molecule has 14 heteroatoms. The van der Waals surface area contributed by atoms with Crippen LogP contribution < -0.4 is 15.1 Å². The van der Waals surface area contributed by atoms with Crippen LogP contribution in [0.15, 0.2) is 47.5 Å². The molecule has 7 heterocycles. The number of aliphatic imine (C=N–C) groups is 1. The molecule has 1 aromatic heterocycles. The summed E-state index contributed by atoms with van der Waals surface area (Å²) >= 11 is 0. The van der Waals surface area contributed by atoms with Gasteiger partial charge in [-0.3, -0.25) is 39.1 Å². The molecule has 1 N–H and O–H groups in total. The molecule has 3 unspecified atom stereocenters. The highest BCUT2D eigenvalue weighted by molar-refractivity contribution is 6.23. The Morgan fingerprint density at radius 2 is 1.55 bits per heavy atom. The zero-order valence-electron chi connectivity index (χ0n) is 27.8. The molecule has 5 amide bonds. The van der Waals surface area contributed by atoms with E-state index in [1.165, 1.54) is 6.07 Å². The van der Waals surface area contributed by atoms with Crippen LogP contribution in [0.25, 0.3) is 11.3 Å². The molecule has 13 nitrogen and oxygen atoms in total. The first-order chi connectivity index (χ1) is 24.7. The molecule has 0 saturated carbocycles. The van der Waals surface area contributed by atoms with Gasteiger partial charge in [0, 0.05) is 68.6 Å². The Balaban J connectivity index is 0.818. The Labute approximate surface area is 292 Å². The van der Waals surface area contributed by atoms with Crippen molar-refractivity contribution in [1.82, 2.24) is 25.3 Å². The summed E-state index contributed by atoms with van der Waals surface area (Å²) in [5.41, 5.74) is 3.32. The van der Waals surface area contributed by atoms with Gasteiger partial charge in [0.25, 0.3) is 17.7 Å². The van der Waals surface area contributed by atoms with Gasteiger partial charge in [0.15, 0.2) is 5.82 Å². The SMILES string of the molecule is O=C1CCC(N2C(=O)c3cc(F)c(N4C5CCC4CN(CC4CCN(c6ccc(-c7ccc8c(c7)C(=O)N=C8)nn6)CC4)C5)cc3C2=O)C(=O)N1. The molecule has 260 valence electrons. The molecule has 6 aliphatic heterocycles. The summed E-state index contributed by atoms with van der Waals surface area (Å²) in [6.45, 7) is 4.28. The lowest BCUT2D eigenvalue weighted by Gasteiger charge is -2.44. The fourth-order valence-electron chi connectivity index (χ4n) is 8.78. The molecule has 0 spiro atoms. The zero-order valence-corrected chi connectivity index (χ0v) is 27.8. The van der Waals surface area contributed by atoms with E-state index < -0.39 is 35.5 Å². The molecule has 0 aliphatic carbocycles. The van der Waals surface area contributed by atoms with Crippen molar-refractivity contribution in [1.29, 1.82) is 0 Å². The maximum atomic E-state index is 15.7. The van der Waals surface area contributed by atoms with E-state index in [1.807, 2.05) is 30.3 Å². The van der Waals surface area contributed by atoms with Crippen LogP contribution in [0, 0.1) is 11.7 Å². The number of likely N-dealkylation sites (tertiary alicyclic amines) is 1. The Morgan fingerprint density at radius 3 is 2.25 bits per heavy atom. The summed E-state index contributed by atoms with van der Waals surface area (Å²) in [6, 6.07) is 11.2. The predicted octanol–water partition coefficient (Wildman–Crippen LogP) is 2.83. The number of hydrogen-bond donors (Lipinski definition) is 1. The minimum atomic E-state index is -1.09. The van der Waals surface area contributed by atoms with E-state index >= 15 is 4.39 Å². The lowest BCUT2D eigenvalue weighted by molar-refractivity contribution is -0.136. The lowest BCUT2D eigenvalue weighted by atomic mass is 9.95. The molecule has 9 rings (SSSR count). The Hall–Kier alpha value is -5.37. The number of aromatic nitrogens is 2. The number of halogens is 1. The average Bonchev–Trinajstić information content (AvgIpc) is 3.71. The van der Waals surface area contributed by atoms with Crippen LogP contribution in [-0.2, 0) is 9.59 Å². The van der Waals surface area contributed by atoms with Crippen molar-refractivity contribution in [3.8, 4) is 11.3 Å². The van der Waals surface area contributed by atoms with Crippen molar-refractivity contribution in [3.63, 3.8) is 0 Å². The number of benzene rings is 2. The molecular weight excluding hydrogens is 655 g/mol. The number of anilines is 2. The molecule has 6 aliphatic rings. The van der Waals surface area contributed by atoms with Gasteiger partial charge in [-0.15, -0.1) is 10.2 Å². The highest BCUT2D eigenvalue weighted by Crippen LogP contribution is 2.40. The molecule has 4 fully saturated rings. The number of carbonyl (C=O) groups is 5. The monoisotopic (exact) mass is 690 g/mol. The first-order valence-corrected chi connectivity index (χ1v) is 17.6. The van der Waals surface area contributed by atoms with Crippen molar-refractivity contribution < 1.29 is 28.4 Å². The third kappa shape index (κ3) is 5.39. The van der Waals surface area contributed by atoms with Crippen molar-refractivity contribution in [2.75, 3.05) is 42.5 Å². The predicted molar refractivity (Wildman–Crippen MR) is 183 cm³/mol. The summed E-state index contributed by atoms with van der Waals surface area (Å²) in [6.07, 6.45) is 5.52. The number of rotatable bonds is 6. The molecular formula is C37H35FN8O5. The maximum Gasteiger partial charge on any atom is 0.277 e. The van der Waals surface area contributed by atoms with Gasteiger partial charge >= 0.3 is 0 Å². The molecule has 0 radical (unpaired) electrons. The summed E-state index contributed by atoms with van der Waals surface area (Å²) in [5.74, 6) is -1.90. The van der Waals surface area contributed by atoms with E-state index in [-0.39, 0.29) is 42.0 Å². The number of hydrogen-bond acceptors (Lipinski definition) is 10. The highest BCUT2D eigenvalue weighted by Gasteiger charge is 2.47. The van der Waals surface area contributed by atoms with Crippen LogP contribution in [0.3, 0.4) is 0 Å². The summed E-state index contributed by atoms with van der Waals surface area (Å²) in [5, 5.41) is 11.2. The fraction of sp³-hybridized carbons (Fsp3) is 0.405. The number of amides is 5. The second kappa shape index (κ2) is 12.1. The van der Waals surface area contributed by atoms with Crippen LogP contribution in [0.5, 0.6) is 0 Å². The quantitative estimate of drug-likeness (QED) is 0.383. The van der Waals surface area contributed by atoms with Crippen LogP contribution in [0.4, 0.5) is 15.9 Å². The van der Waals surface area contributed by atoms with E-state index in [4.69, 9.17) is 0 Å². The highest BCUT2D eigenvalue weighted by atomic mass is 19.1. The van der Waals surface area contributed by atoms with E-state index in [0.717, 1.165) is 86.3 Å². The van der Waals surface area contributed by atoms with Crippen LogP contribution in [0.1, 0.15) is 75.2 Å². The Morgan fingerprint density at radius 1 is 0.804 bits per heavy atom. The third-order valence-corrected chi connectivity index (χ3v) is 11.3. The smallest absolute Gasteiger partial charge is 0.277 e. The maximum absolute atomic E-state index is 15.7. The van der Waals surface area contributed by atoms with Gasteiger partial charge in [-0.25, -0.2) is 9.38 Å². The number of imide groups is 2. The van der Waals surface area contributed by atoms with Crippen molar-refractivity contribution >= 4 is 47.3 Å². The van der Waals surface area contributed by atoms with Gasteiger partial charge in [-0.05, 0) is 68.4 Å². The second-order valence-electron chi connectivity index (χ2n) is 14.4. The summed E-state index contributed by atoms with van der Waals surface area (Å²) in [7, 11) is 0. The minimum Gasteiger partial charge on any atom is -0.361 e. The Kier molecular flexibility index (Phi) is 7.53. The first kappa shape index (κ1) is 31.6. The molecule has 3 aromatic rings. The van der Waals surface area contributed by atoms with Crippen LogP contribution in [0.2, 0.25) is 0 Å². The number of nitrogens with one attached hydrogen (secondary N) is 1. The fourth-order valence-corrected chi connectivity index (χ4v) is 8.78. The van der Waals surface area contributed by atoms with Crippen molar-refractivity contribution in [2.45, 2.75) is 56.7 Å². The van der Waals surface area contributed by atoms with Gasteiger partial charge in [-0.1, -0.05) is 12.1 Å². The van der Waals surface area contributed by atoms with E-state index in [2.05, 4.69) is 35.2 Å². The van der Waals surface area contributed by atoms with E-state index in [9.17, 15) is 24.0 Å². The molecule has 4 saturated heterocycles. The zero-order chi connectivity index (χ0) is 35.0. The van der Waals surface area contributed by atoms with Gasteiger partial charge in [0.05, 0.1) is 28.1 Å². The lowest BCUT2D eigenvalue weighted by Crippen LogP contribution is -2.55. The van der Waals surface area contributed by atoms with E-state index in [0.29, 0.717) is 22.9 Å². The summed E-state index contributed by atoms with van der Waals surface area (Å²) in [4.78, 5) is 74.3. The van der Waals surface area contributed by atoms with Crippen molar-refractivity contribution in [3.05, 3.63) is 70.5 Å². The topological polar surface area (TPSA) is 148 Å². The van der Waals surface area contributed by atoms with Gasteiger partial charge in [-0.2, -0.15) is 0 Å². The van der Waals surface area contributed by atoms with Gasteiger partial charge in [0.2, 0.25) is 11.8 Å². The summed E-state index contributed by atoms with van der Waals surface area (Å²) < 4.78 is 15.7. The normalized spacial score (nSPS) is 24.8. The van der Waals surface area contributed by atoms with Gasteiger partial charge in [0.1, 0.15) is 11.9 Å². The third-order valence-electron chi connectivity index (χ3n) is 11.3. The number of fused-ring (bicyclic) bond motifs is 4. The number of piperidine rings is 2. The largest absolute Gasteiger partial charge is 0.361 e. The first-order valence-electron chi connectivity index (χ1n) is 17.6. The van der Waals surface area contributed by atoms with E-state index in [1.54, 1.807) is 6.21 Å². The standard InChI is InChI=1S/C37H35FN8O5/c38-28-14-26-27(37(51)46(36(26)50)30-6-8-33(47)40-35(30)49)15-31(28)45-23-3-4-24(45)19-43(18-23)17-20-9-11-44(12-10-20)32-7-5-29(41-42-32)21-1-2-22-16-39-34(48)25(22)13-21/h1-2,5,7,13-16,20,23-24,30H,3-4,6,8-12,17-19H2,(H,40,47,49). The Bertz CT molecular complexity index is 2030. The number of carbonyl (C=O) groups excluding carboxylic acids is 5. The molecule has 2 bridgehead atoms. The average molecular weight is 691 g/mol. The molecule has 3 atom stereocenters. The number of piperazine rings is 1. The molecule has 2 aromatic carbocycles. The van der Waals surface area contributed by atoms with Gasteiger partial charge < -0.3 is 9.80 Å². The minimum absolute atomic E-state index is 0.0253. The second-order valence-corrected chi connectivity index (χ2v) is 14.4.